The number of H-pyrrole nitrogens is 1. The third-order valence-electron chi connectivity index (χ3n) is 4.12. The molecule has 1 saturated heterocycles. The SMILES string of the molecule is O=C(c1cc(Cl)ccc1Cl)N1CC(c2nc3ccccc3[nH]2)C1. The number of para-hydroxylation sites is 2. The number of fused-ring (bicyclic) bond motifs is 1. The zero-order valence-electron chi connectivity index (χ0n) is 12.1. The van der Waals surface area contributed by atoms with Crippen molar-refractivity contribution in [1.29, 1.82) is 0 Å². The number of rotatable bonds is 2. The lowest BCUT2D eigenvalue weighted by atomic mass is 9.98. The Morgan fingerprint density at radius 1 is 1.17 bits per heavy atom. The molecule has 1 fully saturated rings. The molecule has 2 heterocycles. The van der Waals surface area contributed by atoms with E-state index in [1.807, 2.05) is 24.3 Å². The molecular weight excluding hydrogens is 333 g/mol. The Balaban J connectivity index is 1.50. The van der Waals surface area contributed by atoms with Crippen LogP contribution in [0.2, 0.25) is 10.0 Å². The standard InChI is InChI=1S/C17H13Cl2N3O/c18-11-5-6-13(19)12(7-11)17(23)22-8-10(9-22)16-20-14-3-1-2-4-15(14)21-16/h1-7,10H,8-9H2,(H,20,21). The number of amides is 1. The zero-order chi connectivity index (χ0) is 16.0. The second kappa shape index (κ2) is 5.55. The number of hydrogen-bond donors (Lipinski definition) is 1. The Labute approximate surface area is 143 Å². The molecule has 0 aliphatic carbocycles. The van der Waals surface area contributed by atoms with Gasteiger partial charge in [0, 0.05) is 18.1 Å². The van der Waals surface area contributed by atoms with E-state index in [2.05, 4.69) is 9.97 Å². The molecule has 3 aromatic rings. The van der Waals surface area contributed by atoms with Crippen LogP contribution in [0.3, 0.4) is 0 Å². The topological polar surface area (TPSA) is 49.0 Å². The highest BCUT2D eigenvalue weighted by molar-refractivity contribution is 6.35. The van der Waals surface area contributed by atoms with E-state index in [0.29, 0.717) is 28.7 Å². The van der Waals surface area contributed by atoms with Crippen LogP contribution in [0.4, 0.5) is 0 Å². The van der Waals surface area contributed by atoms with Crippen molar-refractivity contribution in [3.05, 3.63) is 63.9 Å². The molecule has 4 rings (SSSR count). The summed E-state index contributed by atoms with van der Waals surface area (Å²) in [5.74, 6) is 1.06. The summed E-state index contributed by atoms with van der Waals surface area (Å²) in [5, 5.41) is 0.929. The number of aromatic amines is 1. The number of imidazole rings is 1. The van der Waals surface area contributed by atoms with Crippen LogP contribution in [0.25, 0.3) is 11.0 Å². The molecule has 0 spiro atoms. The molecule has 0 unspecified atom stereocenters. The van der Waals surface area contributed by atoms with Crippen LogP contribution in [-0.2, 0) is 0 Å². The van der Waals surface area contributed by atoms with Crippen LogP contribution in [0.5, 0.6) is 0 Å². The maximum Gasteiger partial charge on any atom is 0.255 e. The number of likely N-dealkylation sites (tertiary alicyclic amines) is 1. The summed E-state index contributed by atoms with van der Waals surface area (Å²) in [4.78, 5) is 22.2. The van der Waals surface area contributed by atoms with Crippen LogP contribution in [0, 0.1) is 0 Å². The zero-order valence-corrected chi connectivity index (χ0v) is 13.6. The fourth-order valence-electron chi connectivity index (χ4n) is 2.81. The molecule has 0 saturated carbocycles. The Bertz CT molecular complexity index is 867. The third kappa shape index (κ3) is 2.58. The number of carbonyl (C=O) groups excluding carboxylic acids is 1. The van der Waals surface area contributed by atoms with Crippen molar-refractivity contribution in [3.8, 4) is 0 Å². The molecule has 1 aliphatic rings. The van der Waals surface area contributed by atoms with Gasteiger partial charge in [-0.3, -0.25) is 4.79 Å². The van der Waals surface area contributed by atoms with Crippen molar-refractivity contribution in [2.45, 2.75) is 5.92 Å². The van der Waals surface area contributed by atoms with Gasteiger partial charge in [-0.15, -0.1) is 0 Å². The Hall–Kier alpha value is -2.04. The molecule has 116 valence electrons. The third-order valence-corrected chi connectivity index (χ3v) is 4.69. The normalized spacial score (nSPS) is 15.0. The van der Waals surface area contributed by atoms with Gasteiger partial charge in [0.2, 0.25) is 0 Å². The van der Waals surface area contributed by atoms with Crippen molar-refractivity contribution in [1.82, 2.24) is 14.9 Å². The van der Waals surface area contributed by atoms with Crippen molar-refractivity contribution in [3.63, 3.8) is 0 Å². The van der Waals surface area contributed by atoms with Crippen LogP contribution < -0.4 is 0 Å². The van der Waals surface area contributed by atoms with Gasteiger partial charge in [-0.1, -0.05) is 35.3 Å². The van der Waals surface area contributed by atoms with Crippen molar-refractivity contribution in [2.24, 2.45) is 0 Å². The lowest BCUT2D eigenvalue weighted by Crippen LogP contribution is -2.48. The molecule has 1 amide bonds. The molecule has 0 atom stereocenters. The summed E-state index contributed by atoms with van der Waals surface area (Å²) in [5.41, 5.74) is 2.41. The fourth-order valence-corrected chi connectivity index (χ4v) is 3.19. The fraction of sp³-hybridized carbons (Fsp3) is 0.176. The second-order valence-electron chi connectivity index (χ2n) is 5.67. The highest BCUT2D eigenvalue weighted by Crippen LogP contribution is 2.30. The molecule has 1 aromatic heterocycles. The van der Waals surface area contributed by atoms with Gasteiger partial charge in [0.25, 0.3) is 5.91 Å². The summed E-state index contributed by atoms with van der Waals surface area (Å²) < 4.78 is 0. The van der Waals surface area contributed by atoms with E-state index >= 15 is 0 Å². The van der Waals surface area contributed by atoms with Crippen molar-refractivity contribution >= 4 is 40.1 Å². The maximum atomic E-state index is 12.5. The number of carbonyl (C=O) groups is 1. The number of hydrogen-bond acceptors (Lipinski definition) is 2. The molecular formula is C17H13Cl2N3O. The largest absolute Gasteiger partial charge is 0.342 e. The summed E-state index contributed by atoms with van der Waals surface area (Å²) >= 11 is 12.1. The number of nitrogens with one attached hydrogen (secondary N) is 1. The van der Waals surface area contributed by atoms with Gasteiger partial charge >= 0.3 is 0 Å². The van der Waals surface area contributed by atoms with E-state index in [0.717, 1.165) is 16.9 Å². The van der Waals surface area contributed by atoms with Crippen molar-refractivity contribution in [2.75, 3.05) is 13.1 Å². The Morgan fingerprint density at radius 2 is 1.96 bits per heavy atom. The minimum absolute atomic E-state index is 0.0927. The number of benzene rings is 2. The van der Waals surface area contributed by atoms with Crippen LogP contribution in [0.15, 0.2) is 42.5 Å². The molecule has 2 aromatic carbocycles. The number of aromatic nitrogens is 2. The number of nitrogens with zero attached hydrogens (tertiary/aromatic N) is 2. The lowest BCUT2D eigenvalue weighted by Gasteiger charge is -2.38. The molecule has 1 N–H and O–H groups in total. The van der Waals surface area contributed by atoms with Gasteiger partial charge in [0.05, 0.1) is 27.5 Å². The quantitative estimate of drug-likeness (QED) is 0.759. The van der Waals surface area contributed by atoms with E-state index < -0.39 is 0 Å². The summed E-state index contributed by atoms with van der Waals surface area (Å²) in [6.07, 6.45) is 0. The van der Waals surface area contributed by atoms with Gasteiger partial charge in [0.15, 0.2) is 0 Å². The van der Waals surface area contributed by atoms with E-state index in [1.165, 1.54) is 0 Å². The lowest BCUT2D eigenvalue weighted by molar-refractivity contribution is 0.0596. The minimum atomic E-state index is -0.0927. The monoisotopic (exact) mass is 345 g/mol. The highest BCUT2D eigenvalue weighted by atomic mass is 35.5. The Kier molecular flexibility index (Phi) is 3.51. The predicted molar refractivity (Wildman–Crippen MR) is 91.2 cm³/mol. The molecule has 0 radical (unpaired) electrons. The Morgan fingerprint density at radius 3 is 2.74 bits per heavy atom. The first-order chi connectivity index (χ1) is 11.1. The van der Waals surface area contributed by atoms with Crippen LogP contribution >= 0.6 is 23.2 Å². The molecule has 6 heteroatoms. The minimum Gasteiger partial charge on any atom is -0.342 e. The van der Waals surface area contributed by atoms with Gasteiger partial charge in [-0.2, -0.15) is 0 Å². The van der Waals surface area contributed by atoms with E-state index in [9.17, 15) is 4.79 Å². The second-order valence-corrected chi connectivity index (χ2v) is 6.51. The van der Waals surface area contributed by atoms with Crippen LogP contribution in [0.1, 0.15) is 22.1 Å². The van der Waals surface area contributed by atoms with E-state index in [-0.39, 0.29) is 11.8 Å². The predicted octanol–water partition coefficient (Wildman–Crippen LogP) is 4.11. The van der Waals surface area contributed by atoms with Gasteiger partial charge in [-0.25, -0.2) is 4.98 Å². The average Bonchev–Trinajstić information content (AvgIpc) is 2.91. The first-order valence-corrected chi connectivity index (χ1v) is 8.06. The van der Waals surface area contributed by atoms with Crippen LogP contribution in [-0.4, -0.2) is 33.9 Å². The first-order valence-electron chi connectivity index (χ1n) is 7.31. The first kappa shape index (κ1) is 14.5. The van der Waals surface area contributed by atoms with E-state index in [1.54, 1.807) is 23.1 Å². The average molecular weight is 346 g/mol. The smallest absolute Gasteiger partial charge is 0.255 e. The van der Waals surface area contributed by atoms with Crippen molar-refractivity contribution < 1.29 is 4.79 Å². The highest BCUT2D eigenvalue weighted by Gasteiger charge is 2.34. The summed E-state index contributed by atoms with van der Waals surface area (Å²) in [6.45, 7) is 1.25. The van der Waals surface area contributed by atoms with Gasteiger partial charge < -0.3 is 9.88 Å². The molecule has 23 heavy (non-hydrogen) atoms. The molecule has 4 nitrogen and oxygen atoms in total. The summed E-state index contributed by atoms with van der Waals surface area (Å²) in [7, 11) is 0. The number of halogens is 2. The summed E-state index contributed by atoms with van der Waals surface area (Å²) in [6, 6.07) is 12.8. The van der Waals surface area contributed by atoms with Gasteiger partial charge in [-0.05, 0) is 30.3 Å². The molecule has 0 bridgehead atoms. The van der Waals surface area contributed by atoms with E-state index in [4.69, 9.17) is 23.2 Å². The molecule has 1 aliphatic heterocycles. The van der Waals surface area contributed by atoms with Gasteiger partial charge in [0.1, 0.15) is 5.82 Å². The maximum absolute atomic E-state index is 12.5.